The molecule has 0 bridgehead atoms. The maximum atomic E-state index is 11.1. The smallest absolute Gasteiger partial charge is 0.404 e. The summed E-state index contributed by atoms with van der Waals surface area (Å²) in [6.07, 6.45) is -15.6. The zero-order valence-corrected chi connectivity index (χ0v) is 19.4. The number of carbonyl (C=O) groups is 1. The van der Waals surface area contributed by atoms with Crippen molar-refractivity contribution in [3.05, 3.63) is 0 Å². The monoisotopic (exact) mass is 526 g/mol. The Hall–Kier alpha value is -1.29. The van der Waals surface area contributed by atoms with E-state index in [4.69, 9.17) is 53.3 Å². The van der Waals surface area contributed by atoms with E-state index in [-0.39, 0.29) is 13.0 Å². The highest BCUT2D eigenvalue weighted by molar-refractivity contribution is 5.64. The SMILES string of the molecule is NCC1OC(OC2C(N)CC(N)C(OC3OC(COC(N)=O)C(O)C(N)C3O)C2O)C(N)C(O)C1O. The van der Waals surface area contributed by atoms with Crippen molar-refractivity contribution in [3.8, 4) is 0 Å². The van der Waals surface area contributed by atoms with Gasteiger partial charge in [-0.3, -0.25) is 0 Å². The first-order chi connectivity index (χ1) is 16.9. The van der Waals surface area contributed by atoms with E-state index in [0.29, 0.717) is 0 Å². The Balaban J connectivity index is 1.72. The first-order valence-corrected chi connectivity index (χ1v) is 11.5. The Morgan fingerprint density at radius 2 is 1.31 bits per heavy atom. The molecule has 0 radical (unpaired) electrons. The molecule has 36 heavy (non-hydrogen) atoms. The average molecular weight is 527 g/mol. The molecule has 3 aliphatic rings. The highest BCUT2D eigenvalue weighted by atomic mass is 16.7. The van der Waals surface area contributed by atoms with Crippen molar-refractivity contribution in [3.63, 3.8) is 0 Å². The second kappa shape index (κ2) is 12.0. The van der Waals surface area contributed by atoms with Gasteiger partial charge in [0, 0.05) is 18.6 Å². The minimum atomic E-state index is -1.55. The lowest BCUT2D eigenvalue weighted by molar-refractivity contribution is -0.318. The van der Waals surface area contributed by atoms with Crippen molar-refractivity contribution in [2.75, 3.05) is 13.2 Å². The third kappa shape index (κ3) is 6.05. The van der Waals surface area contributed by atoms with Crippen LogP contribution in [0, 0.1) is 0 Å². The number of rotatable bonds is 7. The van der Waals surface area contributed by atoms with E-state index in [1.54, 1.807) is 0 Å². The normalized spacial score (nSPS) is 50.0. The lowest BCUT2D eigenvalue weighted by Gasteiger charge is -2.48. The summed E-state index contributed by atoms with van der Waals surface area (Å²) in [7, 11) is 0. The second-order valence-corrected chi connectivity index (χ2v) is 9.32. The van der Waals surface area contributed by atoms with Crippen LogP contribution < -0.4 is 34.4 Å². The zero-order chi connectivity index (χ0) is 26.9. The molecule has 1 amide bonds. The number of hydrogen-bond acceptors (Lipinski definition) is 16. The van der Waals surface area contributed by atoms with Crippen LogP contribution in [0.25, 0.3) is 0 Å². The fourth-order valence-electron chi connectivity index (χ4n) is 4.60. The molecule has 17 heteroatoms. The van der Waals surface area contributed by atoms with Crippen LogP contribution in [0.5, 0.6) is 0 Å². The van der Waals surface area contributed by atoms with E-state index in [2.05, 4.69) is 4.74 Å². The van der Waals surface area contributed by atoms with Gasteiger partial charge in [-0.2, -0.15) is 0 Å². The second-order valence-electron chi connectivity index (χ2n) is 9.32. The summed E-state index contributed by atoms with van der Waals surface area (Å²) in [5.41, 5.74) is 34.6. The molecule has 15 unspecified atom stereocenters. The van der Waals surface area contributed by atoms with Crippen LogP contribution in [0.15, 0.2) is 0 Å². The van der Waals surface area contributed by atoms with Crippen molar-refractivity contribution in [2.24, 2.45) is 34.4 Å². The maximum Gasteiger partial charge on any atom is 0.404 e. The molecule has 0 spiro atoms. The fourth-order valence-corrected chi connectivity index (χ4v) is 4.60. The quantitative estimate of drug-likeness (QED) is 0.147. The number of amides is 1. The van der Waals surface area contributed by atoms with E-state index >= 15 is 0 Å². The summed E-state index contributed by atoms with van der Waals surface area (Å²) < 4.78 is 27.3. The Kier molecular flexibility index (Phi) is 9.80. The average Bonchev–Trinajstić information content (AvgIpc) is 2.83. The molecular weight excluding hydrogens is 488 g/mol. The molecule has 0 aromatic rings. The Labute approximate surface area is 206 Å². The summed E-state index contributed by atoms with van der Waals surface area (Å²) in [5.74, 6) is 0. The topological polar surface area (TPSA) is 320 Å². The van der Waals surface area contributed by atoms with Gasteiger partial charge in [-0.05, 0) is 6.42 Å². The van der Waals surface area contributed by atoms with Crippen molar-refractivity contribution in [1.82, 2.24) is 0 Å². The van der Waals surface area contributed by atoms with E-state index in [0.717, 1.165) is 0 Å². The van der Waals surface area contributed by atoms with Gasteiger partial charge >= 0.3 is 6.09 Å². The van der Waals surface area contributed by atoms with Gasteiger partial charge in [0.1, 0.15) is 61.5 Å². The van der Waals surface area contributed by atoms with Gasteiger partial charge in [-0.1, -0.05) is 0 Å². The van der Waals surface area contributed by atoms with Gasteiger partial charge in [0.05, 0.1) is 12.1 Å². The van der Waals surface area contributed by atoms with Gasteiger partial charge < -0.3 is 83.6 Å². The summed E-state index contributed by atoms with van der Waals surface area (Å²) in [4.78, 5) is 10.9. The summed E-state index contributed by atoms with van der Waals surface area (Å²) >= 11 is 0. The number of aliphatic hydroxyl groups is 5. The van der Waals surface area contributed by atoms with E-state index in [1.165, 1.54) is 0 Å². The molecule has 2 saturated heterocycles. The van der Waals surface area contributed by atoms with Gasteiger partial charge in [-0.15, -0.1) is 0 Å². The molecule has 17 nitrogen and oxygen atoms in total. The summed E-state index contributed by atoms with van der Waals surface area (Å²) in [6, 6.07) is -4.11. The molecule has 2 heterocycles. The maximum absolute atomic E-state index is 11.1. The zero-order valence-electron chi connectivity index (χ0n) is 19.4. The van der Waals surface area contributed by atoms with Crippen LogP contribution in [-0.4, -0.2) is 136 Å². The molecule has 3 fully saturated rings. The largest absolute Gasteiger partial charge is 0.447 e. The highest BCUT2D eigenvalue weighted by Crippen LogP contribution is 2.31. The third-order valence-corrected chi connectivity index (χ3v) is 6.77. The number of nitrogens with two attached hydrogens (primary N) is 6. The van der Waals surface area contributed by atoms with Crippen LogP contribution in [0.3, 0.4) is 0 Å². The van der Waals surface area contributed by atoms with Gasteiger partial charge in [0.15, 0.2) is 12.6 Å². The minimum absolute atomic E-state index is 0.0888. The van der Waals surface area contributed by atoms with Crippen molar-refractivity contribution in [2.45, 2.75) is 98.1 Å². The Bertz CT molecular complexity index is 740. The van der Waals surface area contributed by atoms with E-state index in [9.17, 15) is 30.3 Å². The molecular formula is C19H38N6O11. The molecule has 2 aliphatic heterocycles. The number of primary amides is 1. The lowest BCUT2D eigenvalue weighted by atomic mass is 9.84. The summed E-state index contributed by atoms with van der Waals surface area (Å²) in [5, 5.41) is 52.0. The minimum Gasteiger partial charge on any atom is -0.447 e. The number of ether oxygens (including phenoxy) is 5. The van der Waals surface area contributed by atoms with Gasteiger partial charge in [0.2, 0.25) is 0 Å². The summed E-state index contributed by atoms with van der Waals surface area (Å²) in [6.45, 7) is -0.607. The predicted molar refractivity (Wildman–Crippen MR) is 118 cm³/mol. The van der Waals surface area contributed by atoms with Crippen molar-refractivity contribution < 1.29 is 54.0 Å². The van der Waals surface area contributed by atoms with Crippen LogP contribution in [0.4, 0.5) is 4.79 Å². The molecule has 0 aromatic carbocycles. The molecule has 17 N–H and O–H groups in total. The third-order valence-electron chi connectivity index (χ3n) is 6.77. The first kappa shape index (κ1) is 29.3. The highest BCUT2D eigenvalue weighted by Gasteiger charge is 2.51. The lowest BCUT2D eigenvalue weighted by Crippen LogP contribution is -2.69. The first-order valence-electron chi connectivity index (χ1n) is 11.5. The number of hydrogen-bond donors (Lipinski definition) is 11. The molecule has 210 valence electrons. The van der Waals surface area contributed by atoms with Crippen molar-refractivity contribution in [1.29, 1.82) is 0 Å². The molecule has 3 rings (SSSR count). The molecule has 1 saturated carbocycles. The van der Waals surface area contributed by atoms with Gasteiger partial charge in [-0.25, -0.2) is 4.79 Å². The van der Waals surface area contributed by atoms with E-state index in [1.807, 2.05) is 0 Å². The van der Waals surface area contributed by atoms with Crippen LogP contribution >= 0.6 is 0 Å². The fraction of sp³-hybridized carbons (Fsp3) is 0.947. The van der Waals surface area contributed by atoms with E-state index < -0.39 is 104 Å². The van der Waals surface area contributed by atoms with Crippen LogP contribution in [-0.2, 0) is 23.7 Å². The predicted octanol–water partition coefficient (Wildman–Crippen LogP) is -7.22. The Morgan fingerprint density at radius 3 is 1.86 bits per heavy atom. The number of carbonyl (C=O) groups excluding carboxylic acids is 1. The molecule has 15 atom stereocenters. The Morgan fingerprint density at radius 1 is 0.750 bits per heavy atom. The van der Waals surface area contributed by atoms with Crippen LogP contribution in [0.1, 0.15) is 6.42 Å². The van der Waals surface area contributed by atoms with Crippen molar-refractivity contribution >= 4 is 6.09 Å². The molecule has 1 aliphatic carbocycles. The standard InChI is InChI=1S/C19H38N6O11/c20-2-6-11(27)12(28)9(24)17(33-6)35-15-4(21)1-5(22)16(14(15)30)36-18-13(29)8(23)10(26)7(34-18)3-32-19(25)31/h4-18,26-30H,1-3,20-24H2,(H2,25,31). The van der Waals surface area contributed by atoms with Crippen LogP contribution in [0.2, 0.25) is 0 Å². The molecule has 0 aromatic heterocycles. The van der Waals surface area contributed by atoms with Gasteiger partial charge in [0.25, 0.3) is 0 Å². The number of aliphatic hydroxyl groups excluding tert-OH is 5.